The molecule has 5 heteroatoms. The molecule has 1 unspecified atom stereocenters. The first-order valence-corrected chi connectivity index (χ1v) is 4.82. The van der Waals surface area contributed by atoms with Gasteiger partial charge in [-0.05, 0) is 13.6 Å². The van der Waals surface area contributed by atoms with Gasteiger partial charge in [-0.2, -0.15) is 0 Å². The summed E-state index contributed by atoms with van der Waals surface area (Å²) in [4.78, 5) is 13.4. The van der Waals surface area contributed by atoms with Crippen LogP contribution in [0.1, 0.15) is 6.92 Å². The van der Waals surface area contributed by atoms with E-state index in [1.165, 1.54) is 7.11 Å². The number of rotatable bonds is 7. The van der Waals surface area contributed by atoms with E-state index < -0.39 is 6.04 Å². The molecule has 0 bridgehead atoms. The van der Waals surface area contributed by atoms with Crippen molar-refractivity contribution < 1.29 is 9.53 Å². The van der Waals surface area contributed by atoms with E-state index in [0.717, 1.165) is 13.1 Å². The minimum Gasteiger partial charge on any atom is -0.383 e. The lowest BCUT2D eigenvalue weighted by atomic mass is 10.3. The summed E-state index contributed by atoms with van der Waals surface area (Å²) in [5, 5.41) is 2.75. The Morgan fingerprint density at radius 3 is 2.79 bits per heavy atom. The molecule has 0 aliphatic heterocycles. The van der Waals surface area contributed by atoms with Gasteiger partial charge in [0.25, 0.3) is 0 Å². The van der Waals surface area contributed by atoms with Crippen LogP contribution in [0.2, 0.25) is 0 Å². The summed E-state index contributed by atoms with van der Waals surface area (Å²) in [6, 6.07) is -0.563. The Bertz CT molecular complexity index is 164. The molecule has 5 nitrogen and oxygen atoms in total. The molecule has 0 fully saturated rings. The summed E-state index contributed by atoms with van der Waals surface area (Å²) in [5.74, 6) is -0.156. The first-order valence-electron chi connectivity index (χ1n) is 4.82. The zero-order valence-corrected chi connectivity index (χ0v) is 9.25. The van der Waals surface area contributed by atoms with E-state index in [2.05, 4.69) is 17.1 Å². The molecule has 0 rings (SSSR count). The van der Waals surface area contributed by atoms with E-state index in [0.29, 0.717) is 6.54 Å². The summed E-state index contributed by atoms with van der Waals surface area (Å²) in [7, 11) is 3.53. The monoisotopic (exact) mass is 203 g/mol. The van der Waals surface area contributed by atoms with E-state index in [-0.39, 0.29) is 12.5 Å². The second-order valence-corrected chi connectivity index (χ2v) is 3.25. The van der Waals surface area contributed by atoms with E-state index in [9.17, 15) is 4.79 Å². The highest BCUT2D eigenvalue weighted by Crippen LogP contribution is 1.82. The Balaban J connectivity index is 3.53. The molecule has 3 N–H and O–H groups in total. The van der Waals surface area contributed by atoms with E-state index >= 15 is 0 Å². The van der Waals surface area contributed by atoms with Crippen molar-refractivity contribution in [2.45, 2.75) is 13.0 Å². The molecule has 1 amide bonds. The zero-order chi connectivity index (χ0) is 11.0. The Kier molecular flexibility index (Phi) is 7.37. The van der Waals surface area contributed by atoms with Crippen molar-refractivity contribution in [3.63, 3.8) is 0 Å². The molecule has 0 radical (unpaired) electrons. The normalized spacial score (nSPS) is 12.9. The van der Waals surface area contributed by atoms with Gasteiger partial charge in [-0.3, -0.25) is 4.79 Å². The number of carbonyl (C=O) groups excluding carboxylic acids is 1. The van der Waals surface area contributed by atoms with E-state index in [4.69, 9.17) is 10.5 Å². The Morgan fingerprint density at radius 2 is 2.29 bits per heavy atom. The standard InChI is InChI=1S/C9H21N3O2/c1-4-12(2)6-5-11-9(13)8(10)7-14-3/h8H,4-7,10H2,1-3H3,(H,11,13). The Hall–Kier alpha value is -0.650. The molecule has 0 aliphatic rings. The fourth-order valence-electron chi connectivity index (χ4n) is 0.914. The van der Waals surface area contributed by atoms with E-state index in [1.54, 1.807) is 0 Å². The third-order valence-electron chi connectivity index (χ3n) is 2.02. The third-order valence-corrected chi connectivity index (χ3v) is 2.02. The molecule has 1 atom stereocenters. The third kappa shape index (κ3) is 5.90. The average Bonchev–Trinajstić information content (AvgIpc) is 2.17. The minimum absolute atomic E-state index is 0.156. The Morgan fingerprint density at radius 1 is 1.64 bits per heavy atom. The number of likely N-dealkylation sites (N-methyl/N-ethyl adjacent to an activating group) is 1. The van der Waals surface area contributed by atoms with Crippen LogP contribution in [0.25, 0.3) is 0 Å². The lowest BCUT2D eigenvalue weighted by Crippen LogP contribution is -2.45. The van der Waals surface area contributed by atoms with Crippen LogP contribution in [-0.4, -0.2) is 57.2 Å². The average molecular weight is 203 g/mol. The number of hydrogen-bond donors (Lipinski definition) is 2. The molecular formula is C9H21N3O2. The predicted octanol–water partition coefficient (Wildman–Crippen LogP) is -0.972. The molecule has 0 saturated carbocycles. The van der Waals surface area contributed by atoms with Gasteiger partial charge < -0.3 is 20.7 Å². The molecule has 0 aromatic carbocycles. The summed E-state index contributed by atoms with van der Waals surface area (Å²) in [5.41, 5.74) is 5.53. The summed E-state index contributed by atoms with van der Waals surface area (Å²) >= 11 is 0. The number of ether oxygens (including phenoxy) is 1. The first-order chi connectivity index (χ1) is 6.61. The molecule has 0 heterocycles. The zero-order valence-electron chi connectivity index (χ0n) is 9.25. The maximum atomic E-state index is 11.3. The second kappa shape index (κ2) is 7.73. The van der Waals surface area contributed by atoms with Gasteiger partial charge in [-0.25, -0.2) is 0 Å². The summed E-state index contributed by atoms with van der Waals surface area (Å²) < 4.78 is 4.78. The van der Waals surface area contributed by atoms with Crippen molar-refractivity contribution in [2.75, 3.05) is 40.4 Å². The van der Waals surface area contributed by atoms with Crippen LogP contribution in [0.4, 0.5) is 0 Å². The maximum Gasteiger partial charge on any atom is 0.239 e. The highest BCUT2D eigenvalue weighted by molar-refractivity contribution is 5.81. The van der Waals surface area contributed by atoms with Gasteiger partial charge in [0.05, 0.1) is 6.61 Å². The van der Waals surface area contributed by atoms with Gasteiger partial charge in [-0.1, -0.05) is 6.92 Å². The number of nitrogens with two attached hydrogens (primary N) is 1. The lowest BCUT2D eigenvalue weighted by Gasteiger charge is -2.15. The number of methoxy groups -OCH3 is 1. The smallest absolute Gasteiger partial charge is 0.239 e. The summed E-state index contributed by atoms with van der Waals surface area (Å²) in [6.45, 7) is 4.76. The largest absolute Gasteiger partial charge is 0.383 e. The first kappa shape index (κ1) is 13.4. The lowest BCUT2D eigenvalue weighted by molar-refractivity contribution is -0.123. The van der Waals surface area contributed by atoms with Gasteiger partial charge in [0, 0.05) is 20.2 Å². The van der Waals surface area contributed by atoms with Crippen LogP contribution in [0, 0.1) is 0 Å². The van der Waals surface area contributed by atoms with Crippen LogP contribution >= 0.6 is 0 Å². The van der Waals surface area contributed by atoms with Crippen molar-refractivity contribution >= 4 is 5.91 Å². The fraction of sp³-hybridized carbons (Fsp3) is 0.889. The molecule has 0 saturated heterocycles. The SMILES string of the molecule is CCN(C)CCNC(=O)C(N)COC. The number of nitrogens with one attached hydrogen (secondary N) is 1. The van der Waals surface area contributed by atoms with Gasteiger partial charge >= 0.3 is 0 Å². The van der Waals surface area contributed by atoms with Crippen molar-refractivity contribution in [1.29, 1.82) is 0 Å². The number of hydrogen-bond acceptors (Lipinski definition) is 4. The number of nitrogens with zero attached hydrogens (tertiary/aromatic N) is 1. The minimum atomic E-state index is -0.563. The molecule has 84 valence electrons. The van der Waals surface area contributed by atoms with Gasteiger partial charge in [0.15, 0.2) is 0 Å². The summed E-state index contributed by atoms with van der Waals surface area (Å²) in [6.07, 6.45) is 0. The van der Waals surface area contributed by atoms with Gasteiger partial charge in [0.1, 0.15) is 6.04 Å². The Labute approximate surface area is 85.6 Å². The molecule has 0 aromatic heterocycles. The number of amides is 1. The van der Waals surface area contributed by atoms with Crippen molar-refractivity contribution in [2.24, 2.45) is 5.73 Å². The van der Waals surface area contributed by atoms with Crippen LogP contribution < -0.4 is 11.1 Å². The highest BCUT2D eigenvalue weighted by atomic mass is 16.5. The van der Waals surface area contributed by atoms with Crippen LogP contribution in [0.5, 0.6) is 0 Å². The molecule has 14 heavy (non-hydrogen) atoms. The van der Waals surface area contributed by atoms with Crippen molar-refractivity contribution in [3.05, 3.63) is 0 Å². The maximum absolute atomic E-state index is 11.3. The second-order valence-electron chi connectivity index (χ2n) is 3.25. The molecule has 0 spiro atoms. The molecule has 0 aliphatic carbocycles. The fourth-order valence-corrected chi connectivity index (χ4v) is 0.914. The van der Waals surface area contributed by atoms with Crippen molar-refractivity contribution in [3.8, 4) is 0 Å². The highest BCUT2D eigenvalue weighted by Gasteiger charge is 2.11. The van der Waals surface area contributed by atoms with Crippen LogP contribution in [-0.2, 0) is 9.53 Å². The predicted molar refractivity (Wildman–Crippen MR) is 56.0 cm³/mol. The van der Waals surface area contributed by atoms with Gasteiger partial charge in [0.2, 0.25) is 5.91 Å². The topological polar surface area (TPSA) is 67.6 Å². The molecular weight excluding hydrogens is 182 g/mol. The van der Waals surface area contributed by atoms with Crippen LogP contribution in [0.3, 0.4) is 0 Å². The quantitative estimate of drug-likeness (QED) is 0.558. The van der Waals surface area contributed by atoms with E-state index in [1.807, 2.05) is 7.05 Å². The van der Waals surface area contributed by atoms with Crippen LogP contribution in [0.15, 0.2) is 0 Å². The van der Waals surface area contributed by atoms with Gasteiger partial charge in [-0.15, -0.1) is 0 Å². The number of carbonyl (C=O) groups is 1. The molecule has 0 aromatic rings. The van der Waals surface area contributed by atoms with Crippen molar-refractivity contribution in [1.82, 2.24) is 10.2 Å².